The normalized spacial score (nSPS) is 12.5. The highest BCUT2D eigenvalue weighted by Gasteiger charge is 2.30. The van der Waals surface area contributed by atoms with Crippen LogP contribution in [0.5, 0.6) is 5.75 Å². The minimum atomic E-state index is -4.42. The molecule has 0 spiro atoms. The van der Waals surface area contributed by atoms with E-state index in [1.807, 2.05) is 0 Å². The van der Waals surface area contributed by atoms with Crippen molar-refractivity contribution in [2.45, 2.75) is 33.2 Å². The second-order valence-electron chi connectivity index (χ2n) is 8.73. The van der Waals surface area contributed by atoms with Crippen molar-refractivity contribution >= 4 is 23.0 Å². The van der Waals surface area contributed by atoms with Gasteiger partial charge in [0.15, 0.2) is 0 Å². The molecule has 0 fully saturated rings. The summed E-state index contributed by atoms with van der Waals surface area (Å²) in [6.45, 7) is 3.82. The molecule has 3 aromatic rings. The van der Waals surface area contributed by atoms with Crippen molar-refractivity contribution in [2.75, 3.05) is 20.8 Å². The van der Waals surface area contributed by atoms with Gasteiger partial charge in [-0.2, -0.15) is 13.2 Å². The van der Waals surface area contributed by atoms with E-state index in [1.54, 1.807) is 68.4 Å². The van der Waals surface area contributed by atoms with Crippen LogP contribution in [0.3, 0.4) is 0 Å². The van der Waals surface area contributed by atoms with Crippen molar-refractivity contribution in [3.8, 4) is 5.75 Å². The third-order valence-corrected chi connectivity index (χ3v) is 5.79. The number of hydrogen-bond acceptors (Lipinski definition) is 8. The molecule has 0 saturated heterocycles. The van der Waals surface area contributed by atoms with Crippen molar-refractivity contribution in [1.29, 1.82) is 0 Å². The van der Waals surface area contributed by atoms with E-state index < -0.39 is 17.7 Å². The first-order valence-corrected chi connectivity index (χ1v) is 12.8. The van der Waals surface area contributed by atoms with Gasteiger partial charge in [-0.1, -0.05) is 46.7 Å². The van der Waals surface area contributed by atoms with Crippen LogP contribution in [-0.2, 0) is 43.3 Å². The molecule has 0 bridgehead atoms. The van der Waals surface area contributed by atoms with Crippen molar-refractivity contribution in [3.05, 3.63) is 107 Å². The fourth-order valence-corrected chi connectivity index (χ4v) is 3.77. The number of benzene rings is 3. The van der Waals surface area contributed by atoms with E-state index in [4.69, 9.17) is 23.9 Å². The van der Waals surface area contributed by atoms with E-state index >= 15 is 0 Å². The molecule has 0 amide bonds. The molecule has 0 saturated carbocycles. The van der Waals surface area contributed by atoms with Gasteiger partial charge in [0.05, 0.1) is 26.0 Å². The summed E-state index contributed by atoms with van der Waals surface area (Å²) in [6.07, 6.45) is -3.12. The van der Waals surface area contributed by atoms with Crippen LogP contribution in [-0.4, -0.2) is 38.2 Å². The number of esters is 1. The maximum Gasteiger partial charge on any atom is 0.416 e. The lowest BCUT2D eigenvalue weighted by molar-refractivity contribution is -0.137. The molecule has 0 aromatic heterocycles. The second kappa shape index (κ2) is 15.3. The number of halogens is 3. The Morgan fingerprint density at radius 1 is 0.905 bits per heavy atom. The Morgan fingerprint density at radius 2 is 1.64 bits per heavy atom. The van der Waals surface area contributed by atoms with Crippen LogP contribution in [0.1, 0.15) is 41.7 Å². The lowest BCUT2D eigenvalue weighted by Crippen LogP contribution is -2.14. The van der Waals surface area contributed by atoms with E-state index in [2.05, 4.69) is 10.3 Å². The zero-order valence-electron chi connectivity index (χ0n) is 23.6. The minimum absolute atomic E-state index is 0.0315. The minimum Gasteiger partial charge on any atom is -0.503 e. The molecule has 3 aromatic carbocycles. The Bertz CT molecular complexity index is 1430. The molecule has 0 aliphatic rings. The van der Waals surface area contributed by atoms with Gasteiger partial charge >= 0.3 is 12.1 Å². The van der Waals surface area contributed by atoms with E-state index in [0.29, 0.717) is 46.0 Å². The summed E-state index contributed by atoms with van der Waals surface area (Å²) < 4.78 is 54.5. The van der Waals surface area contributed by atoms with E-state index in [0.717, 1.165) is 12.1 Å². The van der Waals surface area contributed by atoms with Gasteiger partial charge in [0.1, 0.15) is 42.6 Å². The van der Waals surface area contributed by atoms with Crippen LogP contribution >= 0.6 is 0 Å². The molecular formula is C31H31F3N2O6. The number of methoxy groups -OCH3 is 2. The number of alkyl halides is 3. The average Bonchev–Trinajstić information content (AvgIpc) is 2.99. The number of carbonyl (C=O) groups excluding carboxylic acids is 1. The number of carbonyl (C=O) groups is 1. The predicted molar refractivity (Wildman–Crippen MR) is 152 cm³/mol. The van der Waals surface area contributed by atoms with Crippen molar-refractivity contribution in [2.24, 2.45) is 10.3 Å². The van der Waals surface area contributed by atoms with E-state index in [1.165, 1.54) is 26.5 Å². The van der Waals surface area contributed by atoms with Crippen molar-refractivity contribution in [1.82, 2.24) is 0 Å². The molecular weight excluding hydrogens is 553 g/mol. The van der Waals surface area contributed by atoms with Crippen LogP contribution in [0.15, 0.2) is 89.4 Å². The number of rotatable bonds is 13. The van der Waals surface area contributed by atoms with Gasteiger partial charge in [-0.05, 0) is 61.4 Å². The maximum absolute atomic E-state index is 13.0. The molecule has 8 nitrogen and oxygen atoms in total. The van der Waals surface area contributed by atoms with E-state index in [-0.39, 0.29) is 18.8 Å². The van der Waals surface area contributed by atoms with Gasteiger partial charge in [0.25, 0.3) is 0 Å². The number of nitrogens with zero attached hydrogens (tertiary/aromatic N) is 2. The molecule has 0 N–H and O–H groups in total. The molecule has 222 valence electrons. The van der Waals surface area contributed by atoms with Gasteiger partial charge in [0, 0.05) is 11.1 Å². The zero-order valence-corrected chi connectivity index (χ0v) is 23.6. The summed E-state index contributed by atoms with van der Waals surface area (Å²) in [5.41, 5.74) is 2.61. The Balaban J connectivity index is 1.73. The summed E-state index contributed by atoms with van der Waals surface area (Å²) >= 11 is 0. The van der Waals surface area contributed by atoms with Crippen LogP contribution < -0.4 is 4.74 Å². The number of ether oxygens (including phenoxy) is 3. The molecule has 0 heterocycles. The third-order valence-electron chi connectivity index (χ3n) is 5.79. The highest BCUT2D eigenvalue weighted by atomic mass is 19.4. The molecule has 42 heavy (non-hydrogen) atoms. The standard InChI is InChI=1S/C31H31F3N2O6/c1-5-41-36-29(21(2)35-42-19-24-10-6-7-12-27(24)28(20-38-3)30(37)39-4)23-13-15-26(16-14-23)40-18-22-9-8-11-25(17-22)31(32,33)34/h6-17,20H,5,18-19H2,1-4H3/b28-20?,35-21+,36-29+. The molecule has 11 heteroatoms. The topological polar surface area (TPSA) is 87.9 Å². The quantitative estimate of drug-likeness (QED) is 0.0724. The lowest BCUT2D eigenvalue weighted by Gasteiger charge is -2.12. The monoisotopic (exact) mass is 584 g/mol. The van der Waals surface area contributed by atoms with Crippen LogP contribution in [0.2, 0.25) is 0 Å². The lowest BCUT2D eigenvalue weighted by atomic mass is 10.0. The first-order chi connectivity index (χ1) is 20.2. The first kappa shape index (κ1) is 31.7. The van der Waals surface area contributed by atoms with Crippen LogP contribution in [0.4, 0.5) is 13.2 Å². The zero-order chi connectivity index (χ0) is 30.5. The fourth-order valence-electron chi connectivity index (χ4n) is 3.77. The summed E-state index contributed by atoms with van der Waals surface area (Å²) in [6, 6.07) is 18.9. The molecule has 0 unspecified atom stereocenters. The average molecular weight is 585 g/mol. The Labute approximate surface area is 242 Å². The van der Waals surface area contributed by atoms with Gasteiger partial charge in [-0.25, -0.2) is 4.79 Å². The summed E-state index contributed by atoms with van der Waals surface area (Å²) in [4.78, 5) is 23.2. The fraction of sp³-hybridized carbons (Fsp3) is 0.258. The molecule has 3 rings (SSSR count). The SMILES string of the molecule is CCO/N=C(\C(C)=N\OCc1ccccc1C(=COC)C(=O)OC)c1ccc(OCc2cccc(C(F)(F)F)c2)cc1. The Morgan fingerprint density at radius 3 is 2.31 bits per heavy atom. The van der Waals surface area contributed by atoms with Gasteiger partial charge in [-0.15, -0.1) is 0 Å². The highest BCUT2D eigenvalue weighted by Crippen LogP contribution is 2.30. The molecule has 0 aliphatic carbocycles. The molecule has 0 atom stereocenters. The van der Waals surface area contributed by atoms with Gasteiger partial charge in [-0.3, -0.25) is 0 Å². The van der Waals surface area contributed by atoms with Crippen LogP contribution in [0, 0.1) is 0 Å². The predicted octanol–water partition coefficient (Wildman–Crippen LogP) is 6.78. The third kappa shape index (κ3) is 8.85. The smallest absolute Gasteiger partial charge is 0.416 e. The first-order valence-electron chi connectivity index (χ1n) is 12.8. The summed E-state index contributed by atoms with van der Waals surface area (Å²) in [5.74, 6) is -0.0998. The summed E-state index contributed by atoms with van der Waals surface area (Å²) in [7, 11) is 2.72. The molecule has 0 radical (unpaired) electrons. The Kier molecular flexibility index (Phi) is 11.5. The van der Waals surface area contributed by atoms with Gasteiger partial charge in [0.2, 0.25) is 0 Å². The number of oxime groups is 2. The largest absolute Gasteiger partial charge is 0.503 e. The van der Waals surface area contributed by atoms with Gasteiger partial charge < -0.3 is 23.9 Å². The second-order valence-corrected chi connectivity index (χ2v) is 8.73. The highest BCUT2D eigenvalue weighted by molar-refractivity contribution is 6.47. The molecule has 0 aliphatic heterocycles. The number of hydrogen-bond donors (Lipinski definition) is 0. The van der Waals surface area contributed by atoms with Crippen molar-refractivity contribution in [3.63, 3.8) is 0 Å². The van der Waals surface area contributed by atoms with E-state index in [9.17, 15) is 18.0 Å². The Hall–Kier alpha value is -4.80. The summed E-state index contributed by atoms with van der Waals surface area (Å²) in [5, 5.41) is 8.37. The maximum atomic E-state index is 13.0. The van der Waals surface area contributed by atoms with Crippen molar-refractivity contribution < 1.29 is 41.9 Å². The van der Waals surface area contributed by atoms with Crippen LogP contribution in [0.25, 0.3) is 5.57 Å².